The lowest BCUT2D eigenvalue weighted by Crippen LogP contribution is -2.44. The minimum Gasteiger partial charge on any atom is -0.464 e. The Hall–Kier alpha value is -4.30. The molecule has 1 aromatic carbocycles. The lowest BCUT2D eigenvalue weighted by atomic mass is 9.98. The quantitative estimate of drug-likeness (QED) is 0.150. The number of alkyl halides is 2. The van der Waals surface area contributed by atoms with E-state index in [1.165, 1.54) is 12.1 Å². The predicted octanol–water partition coefficient (Wildman–Crippen LogP) is 0.0232. The Labute approximate surface area is 285 Å². The maximum atomic E-state index is 15.9. The molecule has 0 bridgehead atoms. The summed E-state index contributed by atoms with van der Waals surface area (Å²) in [6.07, 6.45) is -8.85. The standard InChI is InChI=1S/C30H34F2N5O13P/c1-29(31)22(40)18(49-25(29)35-11-8-20(38)33-27(35)43)14-47-51(45,37(16-6-4-3-5-7-16)17-10-13-46-24(17)42)48-15-19-23(41)30(2,32)26(50-19)36-12-9-21(39)34-28(36)44/h3-9,11-12,17-19,22-23,25-26,40-41H,10,13-15H2,1-2H3,(H,33,38,43)(H,34,39,44)/t17-,18+,19+,22+,23+,25+,26+,29+,30+/m0/s1. The summed E-state index contributed by atoms with van der Waals surface area (Å²) < 4.78 is 77.4. The van der Waals surface area contributed by atoms with Crippen LogP contribution in [-0.4, -0.2) is 96.9 Å². The summed E-state index contributed by atoms with van der Waals surface area (Å²) in [6.45, 7) is 0.0760. The highest BCUT2D eigenvalue weighted by Crippen LogP contribution is 2.58. The molecule has 0 radical (unpaired) electrons. The molecule has 0 amide bonds. The second kappa shape index (κ2) is 13.7. The molecule has 3 aliphatic rings. The fourth-order valence-corrected chi connectivity index (χ4v) is 8.16. The van der Waals surface area contributed by atoms with Crippen molar-refractivity contribution < 1.29 is 51.6 Å². The monoisotopic (exact) mass is 741 g/mol. The van der Waals surface area contributed by atoms with Gasteiger partial charge in [-0.15, -0.1) is 0 Å². The summed E-state index contributed by atoms with van der Waals surface area (Å²) in [5.74, 6) is -0.803. The van der Waals surface area contributed by atoms with Crippen LogP contribution in [0.5, 0.6) is 0 Å². The minimum atomic E-state index is -4.92. The van der Waals surface area contributed by atoms with Crippen LogP contribution in [0.4, 0.5) is 14.5 Å². The third-order valence-corrected chi connectivity index (χ3v) is 10.9. The van der Waals surface area contributed by atoms with Gasteiger partial charge in [-0.05, 0) is 26.0 Å². The first-order valence-corrected chi connectivity index (χ1v) is 17.1. The molecule has 3 saturated heterocycles. The van der Waals surface area contributed by atoms with Gasteiger partial charge in [-0.1, -0.05) is 18.2 Å². The summed E-state index contributed by atoms with van der Waals surface area (Å²) in [6, 6.07) is 8.32. The Balaban J connectivity index is 1.31. The van der Waals surface area contributed by atoms with Gasteiger partial charge in [0.2, 0.25) is 0 Å². The molecule has 9 atom stereocenters. The van der Waals surface area contributed by atoms with E-state index in [4.69, 9.17) is 23.3 Å². The number of H-pyrrole nitrogens is 2. The van der Waals surface area contributed by atoms with Crippen LogP contribution in [-0.2, 0) is 32.6 Å². The molecular weight excluding hydrogens is 707 g/mol. The minimum absolute atomic E-state index is 0.00898. The number of para-hydroxylation sites is 1. The number of nitrogens with zero attached hydrogens (tertiary/aromatic N) is 3. The second-order valence-electron chi connectivity index (χ2n) is 12.5. The molecule has 18 nitrogen and oxygen atoms in total. The van der Waals surface area contributed by atoms with Crippen LogP contribution in [0.15, 0.2) is 74.0 Å². The number of benzene rings is 1. The molecule has 0 saturated carbocycles. The molecule has 0 spiro atoms. The van der Waals surface area contributed by atoms with Gasteiger partial charge in [-0.3, -0.25) is 42.4 Å². The van der Waals surface area contributed by atoms with E-state index in [2.05, 4.69) is 0 Å². The van der Waals surface area contributed by atoms with E-state index >= 15 is 13.3 Å². The van der Waals surface area contributed by atoms with Crippen LogP contribution in [0.1, 0.15) is 32.7 Å². The van der Waals surface area contributed by atoms with Crippen LogP contribution in [0, 0.1) is 0 Å². The van der Waals surface area contributed by atoms with Gasteiger partial charge < -0.3 is 24.4 Å². The number of aliphatic hydroxyl groups excluding tert-OH is 2. The molecule has 2 aromatic heterocycles. The summed E-state index contributed by atoms with van der Waals surface area (Å²) in [7, 11) is -4.92. The number of cyclic esters (lactones) is 1. The zero-order valence-electron chi connectivity index (χ0n) is 27.0. The number of halogens is 2. The highest BCUT2D eigenvalue weighted by molar-refractivity contribution is 7.55. The smallest absolute Gasteiger partial charge is 0.436 e. The second-order valence-corrected chi connectivity index (χ2v) is 14.4. The third-order valence-electron chi connectivity index (χ3n) is 8.93. The summed E-state index contributed by atoms with van der Waals surface area (Å²) in [5.41, 5.74) is -8.78. The third kappa shape index (κ3) is 6.75. The van der Waals surface area contributed by atoms with Crippen molar-refractivity contribution in [1.82, 2.24) is 19.1 Å². The topological polar surface area (TPSA) is 234 Å². The number of carbonyl (C=O) groups is 1. The van der Waals surface area contributed by atoms with Crippen molar-refractivity contribution in [3.05, 3.63) is 96.5 Å². The molecule has 6 rings (SSSR count). The summed E-state index contributed by atoms with van der Waals surface area (Å²) in [5, 5.41) is 21.9. The van der Waals surface area contributed by atoms with Gasteiger partial charge in [0.1, 0.15) is 30.5 Å². The van der Waals surface area contributed by atoms with Gasteiger partial charge in [-0.25, -0.2) is 27.7 Å². The van der Waals surface area contributed by atoms with E-state index in [1.807, 2.05) is 9.97 Å². The van der Waals surface area contributed by atoms with E-state index in [-0.39, 0.29) is 18.7 Å². The molecule has 3 aromatic rings. The molecule has 3 aliphatic heterocycles. The predicted molar refractivity (Wildman–Crippen MR) is 169 cm³/mol. The van der Waals surface area contributed by atoms with Crippen LogP contribution in [0.25, 0.3) is 0 Å². The van der Waals surface area contributed by atoms with Crippen molar-refractivity contribution in [3.63, 3.8) is 0 Å². The Morgan fingerprint density at radius 1 is 0.843 bits per heavy atom. The molecule has 51 heavy (non-hydrogen) atoms. The number of aromatic nitrogens is 4. The van der Waals surface area contributed by atoms with Gasteiger partial charge >= 0.3 is 25.1 Å². The van der Waals surface area contributed by atoms with E-state index in [9.17, 15) is 34.2 Å². The Morgan fingerprint density at radius 3 is 1.73 bits per heavy atom. The van der Waals surface area contributed by atoms with Crippen molar-refractivity contribution in [2.45, 2.75) is 74.5 Å². The molecule has 0 aliphatic carbocycles. The van der Waals surface area contributed by atoms with Crippen LogP contribution >= 0.6 is 7.75 Å². The molecule has 3 fully saturated rings. The van der Waals surface area contributed by atoms with Gasteiger partial charge in [0.25, 0.3) is 11.1 Å². The number of ether oxygens (including phenoxy) is 3. The zero-order valence-corrected chi connectivity index (χ0v) is 27.9. The van der Waals surface area contributed by atoms with E-state index < -0.39 is 104 Å². The fraction of sp³-hybridized carbons (Fsp3) is 0.500. The fourth-order valence-electron chi connectivity index (χ4n) is 6.20. The van der Waals surface area contributed by atoms with Crippen LogP contribution in [0.3, 0.4) is 0 Å². The number of carbonyl (C=O) groups excluding carboxylic acids is 1. The Morgan fingerprint density at radius 2 is 1.31 bits per heavy atom. The van der Waals surface area contributed by atoms with Crippen LogP contribution in [0.2, 0.25) is 0 Å². The van der Waals surface area contributed by atoms with Gasteiger partial charge in [0, 0.05) is 36.6 Å². The normalized spacial score (nSPS) is 32.3. The van der Waals surface area contributed by atoms with E-state index in [0.717, 1.165) is 43.0 Å². The van der Waals surface area contributed by atoms with Crippen molar-refractivity contribution in [3.8, 4) is 0 Å². The highest BCUT2D eigenvalue weighted by atomic mass is 31.2. The van der Waals surface area contributed by atoms with Gasteiger partial charge in [-0.2, -0.15) is 0 Å². The molecule has 0 unspecified atom stereocenters. The number of nitrogens with one attached hydrogen (secondary N) is 2. The van der Waals surface area contributed by atoms with Gasteiger partial charge in [0.15, 0.2) is 23.8 Å². The maximum Gasteiger partial charge on any atom is 0.436 e. The van der Waals surface area contributed by atoms with E-state index in [1.54, 1.807) is 18.2 Å². The largest absolute Gasteiger partial charge is 0.464 e. The molecule has 5 heterocycles. The first-order valence-electron chi connectivity index (χ1n) is 15.6. The Kier molecular flexibility index (Phi) is 9.79. The molecule has 276 valence electrons. The Bertz CT molecular complexity index is 1950. The summed E-state index contributed by atoms with van der Waals surface area (Å²) >= 11 is 0. The van der Waals surface area contributed by atoms with Crippen LogP contribution < -0.4 is 27.2 Å². The SMILES string of the molecule is C[C@@]1(F)[C@H](O)[C@@H](COP(=O)(OC[C@H]2O[C@@H](n3ccc(=O)[nH]c3=O)[C@](C)(F)[C@@H]2O)N(c2ccccc2)[C@H]2CCOC2=O)O[C@H]1n1ccc(=O)[nH]c1=O. The summed E-state index contributed by atoms with van der Waals surface area (Å²) in [4.78, 5) is 64.9. The first kappa shape index (κ1) is 36.5. The molecule has 4 N–H and O–H groups in total. The average molecular weight is 742 g/mol. The number of aliphatic hydroxyl groups is 2. The van der Waals surface area contributed by atoms with Crippen molar-refractivity contribution >= 4 is 19.4 Å². The number of esters is 1. The zero-order chi connectivity index (χ0) is 36.9. The van der Waals surface area contributed by atoms with E-state index in [0.29, 0.717) is 9.13 Å². The molecule has 21 heteroatoms. The number of hydrogen-bond acceptors (Lipinski definition) is 13. The first-order chi connectivity index (χ1) is 24.0. The molecular formula is C30H34F2N5O13P. The number of aromatic amines is 2. The van der Waals surface area contributed by atoms with Gasteiger partial charge in [0.05, 0.1) is 19.8 Å². The average Bonchev–Trinajstić information content (AvgIpc) is 3.67. The lowest BCUT2D eigenvalue weighted by Gasteiger charge is -2.35. The number of hydrogen-bond donors (Lipinski definition) is 4. The van der Waals surface area contributed by atoms with Crippen molar-refractivity contribution in [2.75, 3.05) is 24.5 Å². The van der Waals surface area contributed by atoms with Crippen molar-refractivity contribution in [1.29, 1.82) is 0 Å². The highest BCUT2D eigenvalue weighted by Gasteiger charge is 2.58. The lowest BCUT2D eigenvalue weighted by molar-refractivity contribution is -0.139. The van der Waals surface area contributed by atoms with Crippen molar-refractivity contribution in [2.24, 2.45) is 0 Å². The number of anilines is 1. The maximum absolute atomic E-state index is 15.9. The number of rotatable bonds is 11.